The molecule has 6 heteroatoms. The van der Waals surface area contributed by atoms with E-state index in [0.29, 0.717) is 30.2 Å². The van der Waals surface area contributed by atoms with Crippen LogP contribution in [0, 0.1) is 18.8 Å². The van der Waals surface area contributed by atoms with Gasteiger partial charge < -0.3 is 14.7 Å². The molecule has 1 saturated heterocycles. The van der Waals surface area contributed by atoms with Crippen LogP contribution in [-0.2, 0) is 0 Å². The quantitative estimate of drug-likeness (QED) is 0.911. The third-order valence-corrected chi connectivity index (χ3v) is 5.65. The van der Waals surface area contributed by atoms with Crippen molar-refractivity contribution < 1.29 is 9.32 Å². The molecule has 1 aromatic heterocycles. The van der Waals surface area contributed by atoms with Gasteiger partial charge in [0.25, 0.3) is 0 Å². The van der Waals surface area contributed by atoms with Gasteiger partial charge >= 0.3 is 6.03 Å². The molecule has 1 N–H and O–H groups in total. The van der Waals surface area contributed by atoms with E-state index in [1.54, 1.807) is 0 Å². The zero-order valence-electron chi connectivity index (χ0n) is 13.1. The minimum Gasteiger partial charge on any atom is -0.339 e. The minimum absolute atomic E-state index is 0.0958. The molecule has 0 radical (unpaired) electrons. The van der Waals surface area contributed by atoms with E-state index in [4.69, 9.17) is 4.52 Å². The van der Waals surface area contributed by atoms with E-state index in [0.717, 1.165) is 25.3 Å². The molecule has 1 aromatic rings. The molecular weight excluding hydrogens is 280 g/mol. The topological polar surface area (TPSA) is 71.3 Å². The third-order valence-electron chi connectivity index (χ3n) is 5.65. The average Bonchev–Trinajstić information content (AvgIpc) is 3.24. The van der Waals surface area contributed by atoms with Gasteiger partial charge in [-0.1, -0.05) is 11.6 Å². The Morgan fingerprint density at radius 3 is 2.91 bits per heavy atom. The van der Waals surface area contributed by atoms with Gasteiger partial charge in [-0.2, -0.15) is 4.98 Å². The van der Waals surface area contributed by atoms with E-state index in [1.807, 2.05) is 11.8 Å². The smallest absolute Gasteiger partial charge is 0.317 e. The summed E-state index contributed by atoms with van der Waals surface area (Å²) in [4.78, 5) is 18.8. The average molecular weight is 304 g/mol. The van der Waals surface area contributed by atoms with E-state index in [-0.39, 0.29) is 11.9 Å². The number of nitrogens with zero attached hydrogens (tertiary/aromatic N) is 3. The number of aromatic nitrogens is 2. The Morgan fingerprint density at radius 1 is 1.32 bits per heavy atom. The summed E-state index contributed by atoms with van der Waals surface area (Å²) in [6.45, 7) is 3.35. The lowest BCUT2D eigenvalue weighted by Crippen LogP contribution is -2.49. The molecule has 2 aliphatic carbocycles. The number of carbonyl (C=O) groups excluding carboxylic acids is 1. The molecular formula is C16H24N4O2. The highest BCUT2D eigenvalue weighted by atomic mass is 16.5. The van der Waals surface area contributed by atoms with Crippen LogP contribution < -0.4 is 5.32 Å². The van der Waals surface area contributed by atoms with Gasteiger partial charge in [0.1, 0.15) is 0 Å². The van der Waals surface area contributed by atoms with Crippen LogP contribution in [0.4, 0.5) is 4.79 Å². The van der Waals surface area contributed by atoms with Crippen LogP contribution >= 0.6 is 0 Å². The Balaban J connectivity index is 1.36. The summed E-state index contributed by atoms with van der Waals surface area (Å²) < 4.78 is 5.29. The number of nitrogens with one attached hydrogen (secondary N) is 1. The molecule has 6 nitrogen and oxygen atoms in total. The summed E-state index contributed by atoms with van der Waals surface area (Å²) in [5, 5.41) is 7.14. The van der Waals surface area contributed by atoms with Gasteiger partial charge in [0.15, 0.2) is 5.82 Å². The molecule has 3 fully saturated rings. The van der Waals surface area contributed by atoms with Crippen molar-refractivity contribution in [2.45, 2.75) is 57.4 Å². The van der Waals surface area contributed by atoms with Crippen LogP contribution in [-0.4, -0.2) is 40.2 Å². The highest BCUT2D eigenvalue weighted by Crippen LogP contribution is 2.44. The lowest BCUT2D eigenvalue weighted by molar-refractivity contribution is 0.164. The maximum atomic E-state index is 12.6. The monoisotopic (exact) mass is 304 g/mol. The summed E-state index contributed by atoms with van der Waals surface area (Å²) in [5.74, 6) is 3.09. The lowest BCUT2D eigenvalue weighted by Gasteiger charge is -2.33. The molecule has 2 heterocycles. The molecule has 1 aliphatic heterocycles. The van der Waals surface area contributed by atoms with Crippen molar-refractivity contribution in [1.82, 2.24) is 20.4 Å². The van der Waals surface area contributed by atoms with Gasteiger partial charge in [-0.3, -0.25) is 0 Å². The summed E-state index contributed by atoms with van der Waals surface area (Å²) in [5.41, 5.74) is 0. The Bertz CT molecular complexity index is 558. The zero-order chi connectivity index (χ0) is 15.1. The van der Waals surface area contributed by atoms with Crippen molar-refractivity contribution >= 4 is 6.03 Å². The van der Waals surface area contributed by atoms with Crippen molar-refractivity contribution in [2.75, 3.05) is 13.1 Å². The summed E-state index contributed by atoms with van der Waals surface area (Å²) in [6.07, 6.45) is 7.15. The number of hydrogen-bond donors (Lipinski definition) is 1. The van der Waals surface area contributed by atoms with Crippen molar-refractivity contribution in [3.8, 4) is 0 Å². The van der Waals surface area contributed by atoms with Gasteiger partial charge in [-0.25, -0.2) is 4.79 Å². The second kappa shape index (κ2) is 5.56. The molecule has 3 aliphatic rings. The largest absolute Gasteiger partial charge is 0.339 e. The van der Waals surface area contributed by atoms with Gasteiger partial charge in [-0.15, -0.1) is 0 Å². The fourth-order valence-corrected chi connectivity index (χ4v) is 4.51. The van der Waals surface area contributed by atoms with Gasteiger partial charge in [0, 0.05) is 19.1 Å². The van der Waals surface area contributed by atoms with Crippen molar-refractivity contribution in [2.24, 2.45) is 11.8 Å². The van der Waals surface area contributed by atoms with E-state index in [2.05, 4.69) is 15.5 Å². The van der Waals surface area contributed by atoms with Crippen LogP contribution in [0.15, 0.2) is 4.52 Å². The number of hydrogen-bond acceptors (Lipinski definition) is 4. The molecule has 4 unspecified atom stereocenters. The number of amides is 2. The number of likely N-dealkylation sites (tertiary alicyclic amines) is 1. The number of fused-ring (bicyclic) bond motifs is 2. The van der Waals surface area contributed by atoms with Gasteiger partial charge in [-0.05, 0) is 50.9 Å². The fraction of sp³-hybridized carbons (Fsp3) is 0.812. The summed E-state index contributed by atoms with van der Waals surface area (Å²) in [6, 6.07) is 0.496. The van der Waals surface area contributed by atoms with Crippen molar-refractivity contribution in [1.29, 1.82) is 0 Å². The highest BCUT2D eigenvalue weighted by molar-refractivity contribution is 5.74. The van der Waals surface area contributed by atoms with E-state index in [1.165, 1.54) is 25.7 Å². The SMILES string of the molecule is Cc1noc(C2CCCN(C(=O)NC3CC4CCC3C4)C2)n1. The van der Waals surface area contributed by atoms with Crippen LogP contribution in [0.1, 0.15) is 56.2 Å². The molecule has 22 heavy (non-hydrogen) atoms. The molecule has 0 spiro atoms. The Morgan fingerprint density at radius 2 is 2.23 bits per heavy atom. The van der Waals surface area contributed by atoms with Gasteiger partial charge in [0.2, 0.25) is 5.89 Å². The molecule has 0 aromatic carbocycles. The van der Waals surface area contributed by atoms with Crippen LogP contribution in [0.5, 0.6) is 0 Å². The normalized spacial score (nSPS) is 34.1. The Labute approximate surface area is 130 Å². The number of urea groups is 1. The standard InChI is InChI=1S/C16H24N4O2/c1-10-17-15(22-19-10)13-3-2-6-20(9-13)16(21)18-14-8-11-4-5-12(14)7-11/h11-14H,2-9H2,1H3,(H,18,21). The predicted molar refractivity (Wildman–Crippen MR) is 80.4 cm³/mol. The number of aryl methyl sites for hydroxylation is 1. The first kappa shape index (κ1) is 14.0. The number of piperidine rings is 1. The first-order valence-electron chi connectivity index (χ1n) is 8.54. The Kier molecular flexibility index (Phi) is 3.54. The molecule has 120 valence electrons. The van der Waals surface area contributed by atoms with E-state index < -0.39 is 0 Å². The second-order valence-corrected chi connectivity index (χ2v) is 7.20. The van der Waals surface area contributed by atoms with E-state index >= 15 is 0 Å². The maximum absolute atomic E-state index is 12.6. The molecule has 2 bridgehead atoms. The number of rotatable bonds is 2. The second-order valence-electron chi connectivity index (χ2n) is 7.20. The first-order valence-corrected chi connectivity index (χ1v) is 8.54. The fourth-order valence-electron chi connectivity index (χ4n) is 4.51. The maximum Gasteiger partial charge on any atom is 0.317 e. The Hall–Kier alpha value is -1.59. The van der Waals surface area contributed by atoms with Crippen molar-refractivity contribution in [3.05, 3.63) is 11.7 Å². The van der Waals surface area contributed by atoms with Crippen molar-refractivity contribution in [3.63, 3.8) is 0 Å². The van der Waals surface area contributed by atoms with Gasteiger partial charge in [0.05, 0.1) is 5.92 Å². The van der Waals surface area contributed by atoms with E-state index in [9.17, 15) is 4.79 Å². The molecule has 2 saturated carbocycles. The summed E-state index contributed by atoms with van der Waals surface area (Å²) in [7, 11) is 0. The van der Waals surface area contributed by atoms with Crippen LogP contribution in [0.2, 0.25) is 0 Å². The number of carbonyl (C=O) groups is 1. The molecule has 4 rings (SSSR count). The predicted octanol–water partition coefficient (Wildman–Crippen LogP) is 2.46. The molecule has 4 atom stereocenters. The summed E-state index contributed by atoms with van der Waals surface area (Å²) >= 11 is 0. The first-order chi connectivity index (χ1) is 10.7. The lowest BCUT2D eigenvalue weighted by atomic mass is 9.95. The third kappa shape index (κ3) is 2.59. The highest BCUT2D eigenvalue weighted by Gasteiger charge is 2.41. The molecule has 2 amide bonds. The zero-order valence-corrected chi connectivity index (χ0v) is 13.1. The minimum atomic E-state index is 0.0958. The van der Waals surface area contributed by atoms with Crippen LogP contribution in [0.3, 0.4) is 0 Å². The van der Waals surface area contributed by atoms with Crippen LogP contribution in [0.25, 0.3) is 0 Å².